The highest BCUT2D eigenvalue weighted by molar-refractivity contribution is 5.69. The molecule has 0 aliphatic heterocycles. The van der Waals surface area contributed by atoms with Gasteiger partial charge < -0.3 is 10.3 Å². The van der Waals surface area contributed by atoms with Gasteiger partial charge in [-0.2, -0.15) is 0 Å². The highest BCUT2D eigenvalue weighted by atomic mass is 16.6. The molecule has 0 aliphatic rings. The van der Waals surface area contributed by atoms with E-state index >= 15 is 0 Å². The van der Waals surface area contributed by atoms with Gasteiger partial charge in [-0.3, -0.25) is 10.1 Å². The van der Waals surface area contributed by atoms with Crippen molar-refractivity contribution >= 4 is 17.3 Å². The summed E-state index contributed by atoms with van der Waals surface area (Å²) in [6, 6.07) is 0.0826. The van der Waals surface area contributed by atoms with E-state index < -0.39 is 4.92 Å². The molecule has 1 heterocycles. The molecule has 3 N–H and O–H groups in total. The molecule has 1 aromatic heterocycles. The molecule has 8 nitrogen and oxygen atoms in total. The molecule has 0 bridgehead atoms. The van der Waals surface area contributed by atoms with Crippen LogP contribution in [0.2, 0.25) is 0 Å². The van der Waals surface area contributed by atoms with Gasteiger partial charge in [0.15, 0.2) is 0 Å². The van der Waals surface area contributed by atoms with Gasteiger partial charge in [-0.05, 0) is 13.8 Å². The van der Waals surface area contributed by atoms with Gasteiger partial charge in [-0.15, -0.1) is 0 Å². The molecule has 0 unspecified atom stereocenters. The Labute approximate surface area is 92.6 Å². The standard InChI is InChI=1S/C8H14N6O2/c1-5(2)13(3)8-6(14(15)16)7(12-9)10-4-11-8/h4-5H,9H2,1-3H3,(H,10,11,12). The fraction of sp³-hybridized carbons (Fsp3) is 0.500. The van der Waals surface area contributed by atoms with Crippen LogP contribution in [-0.2, 0) is 0 Å². The van der Waals surface area contributed by atoms with E-state index in [2.05, 4.69) is 15.4 Å². The Morgan fingerprint density at radius 3 is 2.62 bits per heavy atom. The summed E-state index contributed by atoms with van der Waals surface area (Å²) in [5.74, 6) is 5.41. The minimum atomic E-state index is -0.552. The van der Waals surface area contributed by atoms with E-state index in [0.29, 0.717) is 0 Å². The number of rotatable bonds is 4. The molecular weight excluding hydrogens is 212 g/mol. The van der Waals surface area contributed by atoms with Gasteiger partial charge in [0.2, 0.25) is 11.6 Å². The van der Waals surface area contributed by atoms with Crippen molar-refractivity contribution in [2.24, 2.45) is 5.84 Å². The maximum absolute atomic E-state index is 10.9. The second-order valence-electron chi connectivity index (χ2n) is 3.50. The lowest BCUT2D eigenvalue weighted by Gasteiger charge is -2.22. The van der Waals surface area contributed by atoms with Gasteiger partial charge in [0.05, 0.1) is 4.92 Å². The molecule has 0 saturated carbocycles. The first kappa shape index (κ1) is 12.1. The third-order valence-corrected chi connectivity index (χ3v) is 2.23. The Hall–Kier alpha value is -1.96. The molecule has 88 valence electrons. The van der Waals surface area contributed by atoms with Crippen molar-refractivity contribution in [2.75, 3.05) is 17.4 Å². The lowest BCUT2D eigenvalue weighted by atomic mass is 10.3. The van der Waals surface area contributed by atoms with Gasteiger partial charge >= 0.3 is 5.69 Å². The van der Waals surface area contributed by atoms with Crippen LogP contribution in [0.25, 0.3) is 0 Å². The van der Waals surface area contributed by atoms with Crippen molar-refractivity contribution in [3.63, 3.8) is 0 Å². The van der Waals surface area contributed by atoms with Crippen molar-refractivity contribution in [1.29, 1.82) is 0 Å². The molecule has 0 aliphatic carbocycles. The Morgan fingerprint density at radius 1 is 1.56 bits per heavy atom. The topological polar surface area (TPSA) is 110 Å². The molecule has 0 aromatic carbocycles. The van der Waals surface area contributed by atoms with Crippen LogP contribution in [0.1, 0.15) is 13.8 Å². The third kappa shape index (κ3) is 2.16. The van der Waals surface area contributed by atoms with Gasteiger partial charge in [-0.1, -0.05) is 0 Å². The molecule has 0 spiro atoms. The molecule has 1 rings (SSSR count). The van der Waals surface area contributed by atoms with Crippen molar-refractivity contribution in [2.45, 2.75) is 19.9 Å². The van der Waals surface area contributed by atoms with Crippen LogP contribution in [0, 0.1) is 10.1 Å². The molecule has 0 saturated heterocycles. The highest BCUT2D eigenvalue weighted by Gasteiger charge is 2.25. The van der Waals surface area contributed by atoms with Gasteiger partial charge in [0.1, 0.15) is 6.33 Å². The van der Waals surface area contributed by atoms with Crippen LogP contribution in [0.5, 0.6) is 0 Å². The number of aromatic nitrogens is 2. The van der Waals surface area contributed by atoms with Gasteiger partial charge in [0, 0.05) is 13.1 Å². The number of nitro groups is 1. The number of nitrogens with one attached hydrogen (secondary N) is 1. The smallest absolute Gasteiger partial charge is 0.351 e. The summed E-state index contributed by atoms with van der Waals surface area (Å²) in [5.41, 5.74) is 1.97. The zero-order valence-corrected chi connectivity index (χ0v) is 9.34. The van der Waals surface area contributed by atoms with E-state index in [-0.39, 0.29) is 23.4 Å². The maximum Gasteiger partial charge on any atom is 0.354 e. The van der Waals surface area contributed by atoms with Crippen molar-refractivity contribution in [3.8, 4) is 0 Å². The summed E-state index contributed by atoms with van der Waals surface area (Å²) < 4.78 is 0. The van der Waals surface area contributed by atoms with Crippen LogP contribution in [0.4, 0.5) is 17.3 Å². The lowest BCUT2D eigenvalue weighted by molar-refractivity contribution is -0.383. The average molecular weight is 226 g/mol. The number of anilines is 2. The predicted molar refractivity (Wildman–Crippen MR) is 60.0 cm³/mol. The fourth-order valence-corrected chi connectivity index (χ4v) is 1.15. The quantitative estimate of drug-likeness (QED) is 0.437. The average Bonchev–Trinajstić information content (AvgIpc) is 2.26. The minimum absolute atomic E-state index is 0.00231. The number of hydrogen-bond donors (Lipinski definition) is 2. The summed E-state index contributed by atoms with van der Waals surface area (Å²) >= 11 is 0. The van der Waals surface area contributed by atoms with Crippen LogP contribution < -0.4 is 16.2 Å². The zero-order valence-electron chi connectivity index (χ0n) is 9.34. The molecule has 1 aromatic rings. The first-order valence-electron chi connectivity index (χ1n) is 4.67. The number of hydrogen-bond acceptors (Lipinski definition) is 7. The fourth-order valence-electron chi connectivity index (χ4n) is 1.15. The summed E-state index contributed by atoms with van der Waals surface area (Å²) in [4.78, 5) is 19.7. The number of nitrogen functional groups attached to an aromatic ring is 1. The Morgan fingerprint density at radius 2 is 2.19 bits per heavy atom. The summed E-state index contributed by atoms with van der Waals surface area (Å²) in [5, 5.41) is 10.9. The third-order valence-electron chi connectivity index (χ3n) is 2.23. The summed E-state index contributed by atoms with van der Waals surface area (Å²) in [7, 11) is 1.72. The molecule has 0 atom stereocenters. The number of nitrogens with zero attached hydrogens (tertiary/aromatic N) is 4. The summed E-state index contributed by atoms with van der Waals surface area (Å²) in [6.07, 6.45) is 1.23. The van der Waals surface area contributed by atoms with Gasteiger partial charge in [-0.25, -0.2) is 15.8 Å². The second-order valence-corrected chi connectivity index (χ2v) is 3.50. The van der Waals surface area contributed by atoms with Crippen molar-refractivity contribution in [3.05, 3.63) is 16.4 Å². The van der Waals surface area contributed by atoms with E-state index in [1.165, 1.54) is 6.33 Å². The molecule has 0 fully saturated rings. The minimum Gasteiger partial charge on any atom is -0.351 e. The molecular formula is C8H14N6O2. The van der Waals surface area contributed by atoms with E-state index in [9.17, 15) is 10.1 Å². The first-order chi connectivity index (χ1) is 7.49. The Balaban J connectivity index is 3.33. The molecule has 0 radical (unpaired) electrons. The lowest BCUT2D eigenvalue weighted by Crippen LogP contribution is -2.28. The van der Waals surface area contributed by atoms with Crippen LogP contribution >= 0.6 is 0 Å². The maximum atomic E-state index is 10.9. The van der Waals surface area contributed by atoms with E-state index in [4.69, 9.17) is 5.84 Å². The number of hydrazine groups is 1. The molecule has 8 heteroatoms. The molecule has 0 amide bonds. The predicted octanol–water partition coefficient (Wildman–Crippen LogP) is 0.515. The van der Waals surface area contributed by atoms with E-state index in [1.807, 2.05) is 13.8 Å². The SMILES string of the molecule is CC(C)N(C)c1ncnc(NN)c1[N+](=O)[O-]. The molecule has 16 heavy (non-hydrogen) atoms. The van der Waals surface area contributed by atoms with Crippen molar-refractivity contribution < 1.29 is 4.92 Å². The number of nitrogens with two attached hydrogens (primary N) is 1. The Kier molecular flexibility index (Phi) is 3.56. The second kappa shape index (κ2) is 4.71. The van der Waals surface area contributed by atoms with Crippen molar-refractivity contribution in [1.82, 2.24) is 9.97 Å². The first-order valence-corrected chi connectivity index (χ1v) is 4.67. The van der Waals surface area contributed by atoms with Crippen LogP contribution in [0.15, 0.2) is 6.33 Å². The van der Waals surface area contributed by atoms with Crippen LogP contribution in [0.3, 0.4) is 0 Å². The monoisotopic (exact) mass is 226 g/mol. The largest absolute Gasteiger partial charge is 0.354 e. The van der Waals surface area contributed by atoms with Gasteiger partial charge in [0.25, 0.3) is 0 Å². The Bertz CT molecular complexity index is 394. The zero-order chi connectivity index (χ0) is 12.3. The normalized spacial score (nSPS) is 10.3. The van der Waals surface area contributed by atoms with E-state index in [1.54, 1.807) is 11.9 Å². The summed E-state index contributed by atoms with van der Waals surface area (Å²) in [6.45, 7) is 3.81. The highest BCUT2D eigenvalue weighted by Crippen LogP contribution is 2.31. The van der Waals surface area contributed by atoms with E-state index in [0.717, 1.165) is 0 Å². The van der Waals surface area contributed by atoms with Crippen LogP contribution in [-0.4, -0.2) is 28.0 Å².